The van der Waals surface area contributed by atoms with E-state index in [0.29, 0.717) is 22.7 Å². The van der Waals surface area contributed by atoms with Crippen LogP contribution in [-0.4, -0.2) is 33.0 Å². The zero-order valence-electron chi connectivity index (χ0n) is 14.2. The Morgan fingerprint density at radius 2 is 1.79 bits per heavy atom. The van der Waals surface area contributed by atoms with Crippen LogP contribution in [0.1, 0.15) is 17.3 Å². The van der Waals surface area contributed by atoms with Gasteiger partial charge in [0.1, 0.15) is 5.75 Å². The maximum atomic E-state index is 12.5. The second-order valence-corrected chi connectivity index (χ2v) is 5.50. The fourth-order valence-corrected chi connectivity index (χ4v) is 2.21. The second-order valence-electron chi connectivity index (χ2n) is 5.50. The highest BCUT2D eigenvalue weighted by Gasteiger charge is 2.12. The third kappa shape index (κ3) is 4.25. The van der Waals surface area contributed by atoms with Gasteiger partial charge in [-0.1, -0.05) is 6.07 Å². The van der Waals surface area contributed by atoms with E-state index in [-0.39, 0.29) is 11.8 Å². The number of methoxy groups -OCH3 is 1. The lowest BCUT2D eigenvalue weighted by atomic mass is 10.1. The molecule has 0 aliphatic rings. The van der Waals surface area contributed by atoms with Crippen molar-refractivity contribution in [2.45, 2.75) is 6.92 Å². The maximum Gasteiger partial charge on any atom is 0.255 e. The van der Waals surface area contributed by atoms with Crippen molar-refractivity contribution in [2.75, 3.05) is 36.7 Å². The molecule has 0 bridgehead atoms. The largest absolute Gasteiger partial charge is 0.495 e. The minimum absolute atomic E-state index is 0.184. The molecule has 0 saturated carbocycles. The van der Waals surface area contributed by atoms with Gasteiger partial charge in [0.2, 0.25) is 5.91 Å². The van der Waals surface area contributed by atoms with Crippen LogP contribution in [0.25, 0.3) is 0 Å². The first-order valence-corrected chi connectivity index (χ1v) is 7.45. The molecule has 0 aromatic heterocycles. The van der Waals surface area contributed by atoms with Gasteiger partial charge in [0.25, 0.3) is 5.91 Å². The van der Waals surface area contributed by atoms with Gasteiger partial charge in [-0.2, -0.15) is 0 Å². The van der Waals surface area contributed by atoms with Gasteiger partial charge in [-0.25, -0.2) is 0 Å². The topological polar surface area (TPSA) is 70.7 Å². The molecule has 6 nitrogen and oxygen atoms in total. The van der Waals surface area contributed by atoms with Crippen LogP contribution in [0.3, 0.4) is 0 Å². The third-order valence-corrected chi connectivity index (χ3v) is 3.39. The van der Waals surface area contributed by atoms with Crippen molar-refractivity contribution in [1.82, 2.24) is 0 Å². The van der Waals surface area contributed by atoms with Crippen LogP contribution >= 0.6 is 0 Å². The highest BCUT2D eigenvalue weighted by Crippen LogP contribution is 2.28. The van der Waals surface area contributed by atoms with E-state index in [2.05, 4.69) is 10.6 Å². The van der Waals surface area contributed by atoms with Crippen molar-refractivity contribution in [3.8, 4) is 5.75 Å². The molecule has 0 aliphatic heterocycles. The molecule has 0 atom stereocenters. The Hall–Kier alpha value is -3.02. The number of anilines is 3. The maximum absolute atomic E-state index is 12.5. The molecule has 0 radical (unpaired) electrons. The summed E-state index contributed by atoms with van der Waals surface area (Å²) in [5, 5.41) is 5.50. The number of amides is 2. The molecule has 24 heavy (non-hydrogen) atoms. The monoisotopic (exact) mass is 327 g/mol. The average Bonchev–Trinajstić information content (AvgIpc) is 2.54. The summed E-state index contributed by atoms with van der Waals surface area (Å²) >= 11 is 0. The number of nitrogens with one attached hydrogen (secondary N) is 2. The van der Waals surface area contributed by atoms with Gasteiger partial charge < -0.3 is 20.3 Å². The molecule has 2 aromatic carbocycles. The van der Waals surface area contributed by atoms with Gasteiger partial charge in [0, 0.05) is 38.0 Å². The number of hydrogen-bond donors (Lipinski definition) is 2. The van der Waals surface area contributed by atoms with Crippen molar-refractivity contribution in [1.29, 1.82) is 0 Å². The van der Waals surface area contributed by atoms with Crippen LogP contribution in [0.15, 0.2) is 42.5 Å². The van der Waals surface area contributed by atoms with E-state index in [1.807, 2.05) is 31.1 Å². The SMILES string of the molecule is COc1ccc(NC(C)=O)cc1NC(=O)c1cccc(N(C)C)c1. The van der Waals surface area contributed by atoms with Gasteiger partial charge in [-0.15, -0.1) is 0 Å². The van der Waals surface area contributed by atoms with Crippen LogP contribution in [0, 0.1) is 0 Å². The number of carbonyl (C=O) groups is 2. The Kier molecular flexibility index (Phi) is 5.42. The lowest BCUT2D eigenvalue weighted by Gasteiger charge is -2.15. The van der Waals surface area contributed by atoms with Crippen molar-refractivity contribution in [2.24, 2.45) is 0 Å². The van der Waals surface area contributed by atoms with E-state index < -0.39 is 0 Å². The Bertz CT molecular complexity index is 757. The first-order chi connectivity index (χ1) is 11.4. The van der Waals surface area contributed by atoms with E-state index in [4.69, 9.17) is 4.74 Å². The summed E-state index contributed by atoms with van der Waals surface area (Å²) < 4.78 is 5.27. The highest BCUT2D eigenvalue weighted by atomic mass is 16.5. The van der Waals surface area contributed by atoms with Crippen LogP contribution in [-0.2, 0) is 4.79 Å². The molecule has 0 saturated heterocycles. The fourth-order valence-electron chi connectivity index (χ4n) is 2.21. The van der Waals surface area contributed by atoms with E-state index >= 15 is 0 Å². The molecule has 6 heteroatoms. The van der Waals surface area contributed by atoms with Crippen molar-refractivity contribution < 1.29 is 14.3 Å². The average molecular weight is 327 g/mol. The molecule has 126 valence electrons. The number of nitrogens with zero attached hydrogens (tertiary/aromatic N) is 1. The van der Waals surface area contributed by atoms with Gasteiger partial charge in [0.05, 0.1) is 12.8 Å². The van der Waals surface area contributed by atoms with E-state index in [1.54, 1.807) is 30.3 Å². The van der Waals surface area contributed by atoms with Crippen molar-refractivity contribution in [3.63, 3.8) is 0 Å². The summed E-state index contributed by atoms with van der Waals surface area (Å²) in [4.78, 5) is 25.6. The normalized spacial score (nSPS) is 10.0. The second kappa shape index (κ2) is 7.50. The number of ether oxygens (including phenoxy) is 1. The van der Waals surface area contributed by atoms with Gasteiger partial charge in [-0.3, -0.25) is 9.59 Å². The molecule has 2 N–H and O–H groups in total. The molecular formula is C18H21N3O3. The lowest BCUT2D eigenvalue weighted by molar-refractivity contribution is -0.114. The smallest absolute Gasteiger partial charge is 0.255 e. The van der Waals surface area contributed by atoms with E-state index in [1.165, 1.54) is 14.0 Å². The molecule has 0 spiro atoms. The quantitative estimate of drug-likeness (QED) is 0.886. The summed E-state index contributed by atoms with van der Waals surface area (Å²) in [6.45, 7) is 1.43. The Labute approximate surface area is 141 Å². The summed E-state index contributed by atoms with van der Waals surface area (Å²) in [6, 6.07) is 12.4. The predicted molar refractivity (Wildman–Crippen MR) is 96.0 cm³/mol. The first kappa shape index (κ1) is 17.3. The Morgan fingerprint density at radius 1 is 1.04 bits per heavy atom. The summed E-state index contributed by atoms with van der Waals surface area (Å²) in [6.07, 6.45) is 0. The molecule has 2 amide bonds. The van der Waals surface area contributed by atoms with Crippen LogP contribution < -0.4 is 20.3 Å². The van der Waals surface area contributed by atoms with Gasteiger partial charge >= 0.3 is 0 Å². The number of hydrogen-bond acceptors (Lipinski definition) is 4. The summed E-state index contributed by atoms with van der Waals surface area (Å²) in [5.74, 6) is 0.0781. The zero-order chi connectivity index (χ0) is 17.7. The van der Waals surface area contributed by atoms with Crippen LogP contribution in [0.5, 0.6) is 5.75 Å². The standard InChI is InChI=1S/C18H21N3O3/c1-12(22)19-14-8-9-17(24-4)16(11-14)20-18(23)13-6-5-7-15(10-13)21(2)3/h5-11H,1-4H3,(H,19,22)(H,20,23). The Balaban J connectivity index is 2.27. The number of carbonyl (C=O) groups excluding carboxylic acids is 2. The number of rotatable bonds is 5. The molecular weight excluding hydrogens is 306 g/mol. The molecule has 2 aromatic rings. The third-order valence-electron chi connectivity index (χ3n) is 3.39. The van der Waals surface area contributed by atoms with Crippen LogP contribution in [0.4, 0.5) is 17.1 Å². The number of benzene rings is 2. The predicted octanol–water partition coefficient (Wildman–Crippen LogP) is 2.97. The van der Waals surface area contributed by atoms with Crippen molar-refractivity contribution >= 4 is 28.9 Å². The molecule has 0 heterocycles. The molecule has 2 rings (SSSR count). The molecule has 0 fully saturated rings. The minimum atomic E-state index is -0.253. The Morgan fingerprint density at radius 3 is 2.42 bits per heavy atom. The highest BCUT2D eigenvalue weighted by molar-refractivity contribution is 6.06. The first-order valence-electron chi connectivity index (χ1n) is 7.45. The zero-order valence-corrected chi connectivity index (χ0v) is 14.2. The van der Waals surface area contributed by atoms with Crippen LogP contribution in [0.2, 0.25) is 0 Å². The van der Waals surface area contributed by atoms with Crippen molar-refractivity contribution in [3.05, 3.63) is 48.0 Å². The summed E-state index contributed by atoms with van der Waals surface area (Å²) in [5.41, 5.74) is 2.54. The summed E-state index contributed by atoms with van der Waals surface area (Å²) in [7, 11) is 5.35. The lowest BCUT2D eigenvalue weighted by Crippen LogP contribution is -2.15. The fraction of sp³-hybridized carbons (Fsp3) is 0.222. The molecule has 0 aliphatic carbocycles. The minimum Gasteiger partial charge on any atom is -0.495 e. The van der Waals surface area contributed by atoms with Gasteiger partial charge in [-0.05, 0) is 36.4 Å². The molecule has 0 unspecified atom stereocenters. The van der Waals surface area contributed by atoms with E-state index in [0.717, 1.165) is 5.69 Å². The van der Waals surface area contributed by atoms with E-state index in [9.17, 15) is 9.59 Å². The van der Waals surface area contributed by atoms with Gasteiger partial charge in [0.15, 0.2) is 0 Å².